The Hall–Kier alpha value is -6.32. The number of aromatic hydroxyl groups is 8. The lowest BCUT2D eigenvalue weighted by atomic mass is 10.1. The summed E-state index contributed by atoms with van der Waals surface area (Å²) in [4.78, 5) is 49.7. The van der Waals surface area contributed by atoms with Crippen LogP contribution in [0.3, 0.4) is 0 Å². The highest BCUT2D eigenvalue weighted by molar-refractivity contribution is 5.94. The van der Waals surface area contributed by atoms with Gasteiger partial charge in [0, 0.05) is 6.08 Å². The van der Waals surface area contributed by atoms with Gasteiger partial charge in [-0.2, -0.15) is 0 Å². The van der Waals surface area contributed by atoms with Crippen LogP contribution in [0.1, 0.15) is 26.3 Å². The topological polar surface area (TPSA) is 278 Å². The lowest BCUT2D eigenvalue weighted by Gasteiger charge is -2.24. The number of benzene rings is 3. The van der Waals surface area contributed by atoms with Gasteiger partial charge in [0.05, 0.1) is 11.1 Å². The van der Waals surface area contributed by atoms with Crippen molar-refractivity contribution in [1.82, 2.24) is 0 Å². The highest BCUT2D eigenvalue weighted by Crippen LogP contribution is 2.37. The van der Waals surface area contributed by atoms with Crippen molar-refractivity contribution in [2.75, 3.05) is 6.61 Å². The monoisotopic (exact) mass is 602 g/mol. The van der Waals surface area contributed by atoms with Crippen LogP contribution >= 0.6 is 0 Å². The molecule has 2 atom stereocenters. The Morgan fingerprint density at radius 1 is 0.651 bits per heavy atom. The van der Waals surface area contributed by atoms with E-state index in [1.165, 1.54) is 6.07 Å². The van der Waals surface area contributed by atoms with Gasteiger partial charge in [0.2, 0.25) is 6.10 Å². The molecule has 0 heterocycles. The van der Waals surface area contributed by atoms with Crippen molar-refractivity contribution in [2.24, 2.45) is 0 Å². The molecular formula is C27H22O16. The number of hydrogen-bond donors (Lipinski definition) is 9. The molecule has 226 valence electrons. The first-order chi connectivity index (χ1) is 20.2. The lowest BCUT2D eigenvalue weighted by Crippen LogP contribution is -2.44. The summed E-state index contributed by atoms with van der Waals surface area (Å²) >= 11 is 0. The zero-order valence-corrected chi connectivity index (χ0v) is 21.4. The van der Waals surface area contributed by atoms with Crippen LogP contribution in [0, 0.1) is 0 Å². The minimum Gasteiger partial charge on any atom is -0.504 e. The summed E-state index contributed by atoms with van der Waals surface area (Å²) in [6.07, 6.45) is -2.56. The summed E-state index contributed by atoms with van der Waals surface area (Å²) in [7, 11) is 0. The number of esters is 3. The molecule has 0 aliphatic carbocycles. The van der Waals surface area contributed by atoms with Crippen molar-refractivity contribution in [2.45, 2.75) is 12.2 Å². The molecule has 0 spiro atoms. The number of phenols is 8. The van der Waals surface area contributed by atoms with Gasteiger partial charge in [0.15, 0.2) is 52.1 Å². The Kier molecular flexibility index (Phi) is 9.36. The predicted octanol–water partition coefficient (Wildman–Crippen LogP) is 1.42. The molecule has 3 aromatic carbocycles. The van der Waals surface area contributed by atoms with Crippen molar-refractivity contribution in [3.63, 3.8) is 0 Å². The Balaban J connectivity index is 1.87. The van der Waals surface area contributed by atoms with Gasteiger partial charge in [-0.1, -0.05) is 6.07 Å². The SMILES string of the molecule is O=C(C=Cc1ccc(O)c(O)c1)OC[C@@H](OC(=O)c1cc(O)c(O)c(O)c1)[C@H](OC(=O)c1cc(O)c(O)c(O)c1)C(=O)O. The molecule has 9 N–H and O–H groups in total. The molecule has 0 aromatic heterocycles. The highest BCUT2D eigenvalue weighted by atomic mass is 16.6. The van der Waals surface area contributed by atoms with Gasteiger partial charge in [-0.3, -0.25) is 0 Å². The molecule has 16 nitrogen and oxygen atoms in total. The second kappa shape index (κ2) is 12.9. The molecule has 0 unspecified atom stereocenters. The number of carbonyl (C=O) groups excluding carboxylic acids is 3. The molecule has 0 saturated carbocycles. The standard InChI is InChI=1S/C27H22O16/c28-14-3-1-11(5-15(14)29)2-4-21(34)41-10-20(42-26(39)12-6-16(30)22(35)17(31)7-12)24(25(37)38)43-27(40)13-8-18(32)23(36)19(33)9-13/h1-9,20,24,28-33,35-36H,10H2,(H,37,38)/t20-,24+/m1/s1. The van der Waals surface area contributed by atoms with E-state index in [1.807, 2.05) is 0 Å². The predicted molar refractivity (Wildman–Crippen MR) is 139 cm³/mol. The third-order valence-corrected chi connectivity index (χ3v) is 5.49. The molecule has 0 amide bonds. The second-order valence-corrected chi connectivity index (χ2v) is 8.55. The smallest absolute Gasteiger partial charge is 0.349 e. The third kappa shape index (κ3) is 7.66. The highest BCUT2D eigenvalue weighted by Gasteiger charge is 2.37. The van der Waals surface area contributed by atoms with Gasteiger partial charge >= 0.3 is 23.9 Å². The van der Waals surface area contributed by atoms with Crippen molar-refractivity contribution in [3.8, 4) is 46.0 Å². The molecule has 3 rings (SSSR count). The van der Waals surface area contributed by atoms with Crippen LogP contribution in [0.25, 0.3) is 6.08 Å². The van der Waals surface area contributed by atoms with Gasteiger partial charge in [-0.25, -0.2) is 19.2 Å². The number of hydrogen-bond acceptors (Lipinski definition) is 15. The number of ether oxygens (including phenoxy) is 3. The third-order valence-electron chi connectivity index (χ3n) is 5.49. The van der Waals surface area contributed by atoms with Crippen molar-refractivity contribution >= 4 is 30.0 Å². The van der Waals surface area contributed by atoms with E-state index in [4.69, 9.17) is 14.2 Å². The zero-order valence-electron chi connectivity index (χ0n) is 21.4. The number of carboxylic acids is 1. The van der Waals surface area contributed by atoms with Crippen LogP contribution in [-0.2, 0) is 23.8 Å². The first kappa shape index (κ1) is 31.2. The summed E-state index contributed by atoms with van der Waals surface area (Å²) in [6.45, 7) is -1.07. The van der Waals surface area contributed by atoms with Crippen LogP contribution in [0.4, 0.5) is 0 Å². The molecule has 0 radical (unpaired) electrons. The van der Waals surface area contributed by atoms with Crippen LogP contribution in [0.2, 0.25) is 0 Å². The molecule has 16 heteroatoms. The van der Waals surface area contributed by atoms with Crippen LogP contribution in [0.5, 0.6) is 46.0 Å². The Morgan fingerprint density at radius 3 is 1.60 bits per heavy atom. The maximum atomic E-state index is 12.7. The summed E-state index contributed by atoms with van der Waals surface area (Å²) < 4.78 is 14.9. The summed E-state index contributed by atoms with van der Waals surface area (Å²) in [5.74, 6) is -12.7. The van der Waals surface area contributed by atoms with Crippen molar-refractivity contribution < 1.29 is 79.3 Å². The second-order valence-electron chi connectivity index (χ2n) is 8.55. The molecule has 0 fully saturated rings. The van der Waals surface area contributed by atoms with E-state index in [0.717, 1.165) is 24.3 Å². The first-order valence-corrected chi connectivity index (χ1v) is 11.7. The van der Waals surface area contributed by atoms with Gasteiger partial charge in [-0.05, 0) is 48.0 Å². The number of phenolic OH excluding ortho intramolecular Hbond substituents is 8. The maximum Gasteiger partial charge on any atom is 0.349 e. The van der Waals surface area contributed by atoms with E-state index >= 15 is 0 Å². The molecule has 0 saturated heterocycles. The van der Waals surface area contributed by atoms with Crippen LogP contribution in [0.15, 0.2) is 48.5 Å². The summed E-state index contributed by atoms with van der Waals surface area (Å²) in [5, 5.41) is 86.3. The Morgan fingerprint density at radius 2 is 1.14 bits per heavy atom. The van der Waals surface area contributed by atoms with Crippen LogP contribution < -0.4 is 0 Å². The minimum atomic E-state index is -2.42. The largest absolute Gasteiger partial charge is 0.504 e. The molecule has 0 aliphatic rings. The van der Waals surface area contributed by atoms with E-state index in [0.29, 0.717) is 24.3 Å². The lowest BCUT2D eigenvalue weighted by molar-refractivity contribution is -0.160. The number of carboxylic acid groups (broad SMARTS) is 1. The minimum absolute atomic E-state index is 0.236. The van der Waals surface area contributed by atoms with Gasteiger partial charge in [0.25, 0.3) is 0 Å². The number of aliphatic carboxylic acids is 1. The van der Waals surface area contributed by atoms with Crippen LogP contribution in [-0.4, -0.2) is 88.7 Å². The maximum absolute atomic E-state index is 12.7. The zero-order chi connectivity index (χ0) is 32.0. The molecule has 0 aliphatic heterocycles. The van der Waals surface area contributed by atoms with E-state index < -0.39 is 99.8 Å². The molecule has 3 aromatic rings. The average Bonchev–Trinajstić information content (AvgIpc) is 2.95. The molecule has 43 heavy (non-hydrogen) atoms. The van der Waals surface area contributed by atoms with Crippen molar-refractivity contribution in [3.05, 3.63) is 65.2 Å². The van der Waals surface area contributed by atoms with E-state index in [2.05, 4.69) is 0 Å². The van der Waals surface area contributed by atoms with Gasteiger partial charge < -0.3 is 60.2 Å². The summed E-state index contributed by atoms with van der Waals surface area (Å²) in [6, 6.07) is 6.13. The number of rotatable bonds is 10. The van der Waals surface area contributed by atoms with Gasteiger partial charge in [0.1, 0.15) is 6.61 Å². The summed E-state index contributed by atoms with van der Waals surface area (Å²) in [5.41, 5.74) is -1.02. The van der Waals surface area contributed by atoms with E-state index in [1.54, 1.807) is 0 Å². The van der Waals surface area contributed by atoms with E-state index in [9.17, 15) is 65.1 Å². The number of carbonyl (C=O) groups is 4. The first-order valence-electron chi connectivity index (χ1n) is 11.7. The average molecular weight is 602 g/mol. The quantitative estimate of drug-likeness (QED) is 0.0686. The fraction of sp³-hybridized carbons (Fsp3) is 0.111. The normalized spacial score (nSPS) is 12.3. The fourth-order valence-corrected chi connectivity index (χ4v) is 3.32. The van der Waals surface area contributed by atoms with E-state index in [-0.39, 0.29) is 5.56 Å². The molecule has 0 bridgehead atoms. The fourth-order valence-electron chi connectivity index (χ4n) is 3.32. The molecular weight excluding hydrogens is 580 g/mol. The van der Waals surface area contributed by atoms with Gasteiger partial charge in [-0.15, -0.1) is 0 Å². The Bertz CT molecular complexity index is 1560. The Labute approximate surface area is 239 Å². The van der Waals surface area contributed by atoms with Crippen molar-refractivity contribution in [1.29, 1.82) is 0 Å².